The van der Waals surface area contributed by atoms with Gasteiger partial charge in [-0.3, -0.25) is 9.17 Å². The molecule has 0 aliphatic rings. The van der Waals surface area contributed by atoms with Gasteiger partial charge in [0.05, 0.1) is 23.0 Å². The topological polar surface area (TPSA) is 139 Å². The van der Waals surface area contributed by atoms with Crippen LogP contribution in [0.1, 0.15) is 17.0 Å². The highest BCUT2D eigenvalue weighted by molar-refractivity contribution is 7.86. The molecule has 0 N–H and O–H groups in total. The van der Waals surface area contributed by atoms with E-state index in [1.807, 2.05) is 6.92 Å². The van der Waals surface area contributed by atoms with E-state index < -0.39 is 20.9 Å². The van der Waals surface area contributed by atoms with Crippen LogP contribution in [-0.4, -0.2) is 75.5 Å². The lowest BCUT2D eigenvalue weighted by Gasteiger charge is -2.43. The van der Waals surface area contributed by atoms with Crippen molar-refractivity contribution in [2.45, 2.75) is 36.1 Å². The van der Waals surface area contributed by atoms with Crippen LogP contribution in [0, 0.1) is 13.8 Å². The Morgan fingerprint density at radius 3 is 2.29 bits per heavy atom. The minimum atomic E-state index is -4.42. The summed E-state index contributed by atoms with van der Waals surface area (Å²) in [6, 6.07) is 12.3. The molecule has 0 saturated heterocycles. The molecule has 0 bridgehead atoms. The fourth-order valence-electron chi connectivity index (χ4n) is 3.55. The van der Waals surface area contributed by atoms with Gasteiger partial charge in [0.1, 0.15) is 67.0 Å². The summed E-state index contributed by atoms with van der Waals surface area (Å²) in [5, 5.41) is -5.14. The molecule has 5 rings (SSSR count). The molecule has 0 amide bonds. The van der Waals surface area contributed by atoms with Gasteiger partial charge in [0.2, 0.25) is 11.6 Å². The van der Waals surface area contributed by atoms with Crippen molar-refractivity contribution in [2.24, 2.45) is 0 Å². The molecule has 0 unspecified atom stereocenters. The highest BCUT2D eigenvalue weighted by Crippen LogP contribution is 2.28. The van der Waals surface area contributed by atoms with Crippen molar-refractivity contribution in [3.63, 3.8) is 0 Å². The summed E-state index contributed by atoms with van der Waals surface area (Å²) in [6.07, 6.45) is 4.20. The molecule has 11 nitrogen and oxygen atoms in total. The molecule has 0 aliphatic heterocycles. The summed E-state index contributed by atoms with van der Waals surface area (Å²) in [4.78, 5) is 20.9. The number of aryl methyl sites for hydroxylation is 2. The fraction of sp³-hybridized carbons (Fsp3) is 0.192. The van der Waals surface area contributed by atoms with Gasteiger partial charge >= 0.3 is 0 Å². The zero-order chi connectivity index (χ0) is 30.1. The minimum absolute atomic E-state index is 0.0403. The number of benzene rings is 1. The summed E-state index contributed by atoms with van der Waals surface area (Å²) in [7, 11) is 19.2. The summed E-state index contributed by atoms with van der Waals surface area (Å²) < 4.78 is 47.2. The largest absolute Gasteiger partial charge is 0.504 e. The molecule has 4 heterocycles. The first-order valence-electron chi connectivity index (χ1n) is 12.3. The average Bonchev–Trinajstić information content (AvgIpc) is 3.36. The van der Waals surface area contributed by atoms with Crippen LogP contribution < -0.4 is 9.47 Å². The van der Waals surface area contributed by atoms with Crippen LogP contribution in [0.15, 0.2) is 76.6 Å². The molecule has 16 heteroatoms. The minimum Gasteiger partial charge on any atom is -0.504 e. The molecule has 0 aliphatic carbocycles. The Labute approximate surface area is 247 Å². The number of oxazole rings is 1. The monoisotopic (exact) mass is 573 g/mol. The number of aromatic nitrogens is 5. The Morgan fingerprint density at radius 1 is 0.857 bits per heavy atom. The van der Waals surface area contributed by atoms with Gasteiger partial charge in [-0.25, -0.2) is 19.9 Å². The number of hydrogen-bond donors (Lipinski definition) is 0. The van der Waals surface area contributed by atoms with E-state index in [0.717, 1.165) is 11.3 Å². The van der Waals surface area contributed by atoms with Gasteiger partial charge in [-0.15, -0.1) is 0 Å². The zero-order valence-corrected chi connectivity index (χ0v) is 23.3. The number of ether oxygens (including phenoxy) is 2. The molecule has 4 aromatic heterocycles. The zero-order valence-electron chi connectivity index (χ0n) is 22.5. The van der Waals surface area contributed by atoms with E-state index in [2.05, 4.69) is 24.9 Å². The summed E-state index contributed by atoms with van der Waals surface area (Å²) in [5.41, 5.74) is 3.46. The van der Waals surface area contributed by atoms with E-state index in [1.54, 1.807) is 37.3 Å². The number of hydrogen-bond acceptors (Lipinski definition) is 11. The quantitative estimate of drug-likeness (QED) is 0.179. The van der Waals surface area contributed by atoms with Crippen molar-refractivity contribution in [3.05, 3.63) is 84.2 Å². The molecule has 5 aromatic rings. The van der Waals surface area contributed by atoms with Gasteiger partial charge in [0.15, 0.2) is 0 Å². The lowest BCUT2D eigenvalue weighted by atomic mass is 9.42. The van der Waals surface area contributed by atoms with Crippen molar-refractivity contribution in [1.82, 2.24) is 24.9 Å². The predicted molar refractivity (Wildman–Crippen MR) is 155 cm³/mol. The van der Waals surface area contributed by atoms with E-state index in [4.69, 9.17) is 49.5 Å². The molecule has 0 saturated carbocycles. The Bertz CT molecular complexity index is 1830. The highest BCUT2D eigenvalue weighted by atomic mass is 32.2. The summed E-state index contributed by atoms with van der Waals surface area (Å²) >= 11 is 0. The molecule has 0 fully saturated rings. The van der Waals surface area contributed by atoms with Crippen molar-refractivity contribution in [2.75, 3.05) is 0 Å². The molecule has 1 aromatic carbocycles. The van der Waals surface area contributed by atoms with E-state index >= 15 is 0 Å². The van der Waals surface area contributed by atoms with Crippen molar-refractivity contribution < 1.29 is 26.5 Å². The number of nitrogens with zero attached hydrogens (tertiary/aromatic N) is 5. The normalized spacial score (nSPS) is 12.3. The van der Waals surface area contributed by atoms with E-state index in [1.165, 1.54) is 36.9 Å². The van der Waals surface area contributed by atoms with E-state index in [9.17, 15) is 8.42 Å². The van der Waals surface area contributed by atoms with Crippen molar-refractivity contribution >= 4 is 52.7 Å². The van der Waals surface area contributed by atoms with Crippen molar-refractivity contribution in [3.8, 4) is 23.1 Å². The third-order valence-electron chi connectivity index (χ3n) is 5.88. The summed E-state index contributed by atoms with van der Waals surface area (Å²) in [6.45, 7) is 3.70. The van der Waals surface area contributed by atoms with Gasteiger partial charge in [0.25, 0.3) is 10.1 Å². The summed E-state index contributed by atoms with van der Waals surface area (Å²) in [5.74, 6) is 0.776. The standard InChI is InChI=1S/C26H19B4N5O6S/c1-15-3-7-20(8-4-15)42(36,37)41-26(29,30)25(27,28)40-18-6-5-17(31-11-18)13-38-19-10-22-23(32-12-19)39-24(35-22)21-9-16(2)33-14-34-21/h3-12,14H,13H2,1-2H3. The molecule has 0 atom stereocenters. The highest BCUT2D eigenvalue weighted by Gasteiger charge is 2.42. The Hall–Kier alpha value is -4.16. The van der Waals surface area contributed by atoms with Gasteiger partial charge in [-0.05, 0) is 44.2 Å². The smallest absolute Gasteiger partial charge is 0.296 e. The molecule has 202 valence electrons. The third kappa shape index (κ3) is 6.50. The Balaban J connectivity index is 1.21. The maximum absolute atomic E-state index is 12.6. The van der Waals surface area contributed by atoms with Crippen LogP contribution in [0.2, 0.25) is 0 Å². The van der Waals surface area contributed by atoms with Gasteiger partial charge in [0, 0.05) is 22.6 Å². The predicted octanol–water partition coefficient (Wildman–Crippen LogP) is 2.04. The van der Waals surface area contributed by atoms with Crippen LogP contribution in [0.4, 0.5) is 0 Å². The van der Waals surface area contributed by atoms with Crippen molar-refractivity contribution in [1.29, 1.82) is 0 Å². The van der Waals surface area contributed by atoms with E-state index in [0.29, 0.717) is 34.3 Å². The molecule has 0 spiro atoms. The van der Waals surface area contributed by atoms with Crippen LogP contribution >= 0.6 is 0 Å². The lowest BCUT2D eigenvalue weighted by Crippen LogP contribution is -2.62. The van der Waals surface area contributed by atoms with Crippen LogP contribution in [0.25, 0.3) is 22.8 Å². The number of pyridine rings is 2. The molecule has 8 radical (unpaired) electrons. The van der Waals surface area contributed by atoms with Gasteiger partial charge in [-0.1, -0.05) is 17.7 Å². The average molecular weight is 573 g/mol. The second-order valence-corrected chi connectivity index (χ2v) is 10.9. The number of fused-ring (bicyclic) bond motifs is 1. The second kappa shape index (κ2) is 11.3. The molecule has 42 heavy (non-hydrogen) atoms. The molecular formula is C26H19B4N5O6S. The van der Waals surface area contributed by atoms with Gasteiger partial charge < -0.3 is 13.9 Å². The first-order valence-corrected chi connectivity index (χ1v) is 13.7. The van der Waals surface area contributed by atoms with Crippen LogP contribution in [-0.2, 0) is 20.9 Å². The Morgan fingerprint density at radius 2 is 1.60 bits per heavy atom. The third-order valence-corrected chi connectivity index (χ3v) is 7.23. The Kier molecular flexibility index (Phi) is 7.86. The molecular weight excluding hydrogens is 554 g/mol. The first kappa shape index (κ1) is 29.3. The van der Waals surface area contributed by atoms with Crippen LogP contribution in [0.5, 0.6) is 11.5 Å². The number of rotatable bonds is 10. The second-order valence-electron chi connectivity index (χ2n) is 9.37. The van der Waals surface area contributed by atoms with Gasteiger partial charge in [-0.2, -0.15) is 8.42 Å². The first-order chi connectivity index (χ1) is 19.8. The maximum atomic E-state index is 12.6. The fourth-order valence-corrected chi connectivity index (χ4v) is 4.61. The van der Waals surface area contributed by atoms with E-state index in [-0.39, 0.29) is 17.3 Å². The lowest BCUT2D eigenvalue weighted by molar-refractivity contribution is 0.104. The SMILES string of the molecule is [B]C([B])(Oc1ccc(COc2cnc3oc(-c4cc(C)ncn4)nc3c2)nc1)C([B])([B])OS(=O)(=O)c1ccc(C)cc1. The van der Waals surface area contributed by atoms with Crippen LogP contribution in [0.3, 0.4) is 0 Å². The maximum Gasteiger partial charge on any atom is 0.296 e.